The number of nitrogens with one attached hydrogen (secondary N) is 2. The number of nitrogens with zero attached hydrogens (tertiary/aromatic N) is 1. The van der Waals surface area contributed by atoms with Gasteiger partial charge in [-0.15, -0.1) is 11.6 Å². The quantitative estimate of drug-likeness (QED) is 0.733. The maximum Gasteiger partial charge on any atom is 0.254 e. The minimum absolute atomic E-state index is 0.0100. The van der Waals surface area contributed by atoms with Gasteiger partial charge in [-0.2, -0.15) is 5.10 Å². The Morgan fingerprint density at radius 3 is 3.14 bits per heavy atom. The number of rotatable bonds is 5. The van der Waals surface area contributed by atoms with E-state index in [1.165, 1.54) is 6.20 Å². The highest BCUT2D eigenvalue weighted by molar-refractivity contribution is 6.20. The lowest BCUT2D eigenvalue weighted by molar-refractivity contribution is 0.0953. The van der Waals surface area contributed by atoms with Gasteiger partial charge in [-0.1, -0.05) is 13.3 Å². The van der Waals surface area contributed by atoms with E-state index < -0.39 is 0 Å². The predicted molar refractivity (Wildman–Crippen MR) is 55.5 cm³/mol. The number of carbonyl (C=O) groups is 1. The molecular formula is C9H14ClN3O. The Morgan fingerprint density at radius 2 is 2.57 bits per heavy atom. The molecule has 0 aliphatic carbocycles. The topological polar surface area (TPSA) is 57.8 Å². The summed E-state index contributed by atoms with van der Waals surface area (Å²) in [6.45, 7) is 2.56. The normalized spacial score (nSPS) is 12.4. The van der Waals surface area contributed by atoms with E-state index in [9.17, 15) is 4.79 Å². The summed E-state index contributed by atoms with van der Waals surface area (Å²) in [5, 5.41) is 9.02. The fourth-order valence-corrected chi connectivity index (χ4v) is 1.39. The van der Waals surface area contributed by atoms with E-state index >= 15 is 0 Å². The van der Waals surface area contributed by atoms with Crippen molar-refractivity contribution in [2.75, 3.05) is 6.54 Å². The molecule has 0 saturated carbocycles. The Balaban J connectivity index is 2.28. The molecule has 0 radical (unpaired) electrons. The van der Waals surface area contributed by atoms with Crippen LogP contribution in [0.15, 0.2) is 12.4 Å². The van der Waals surface area contributed by atoms with Crippen LogP contribution in [0, 0.1) is 0 Å². The summed E-state index contributed by atoms with van der Waals surface area (Å²) in [5.74, 6) is -0.138. The number of halogens is 1. The van der Waals surface area contributed by atoms with Gasteiger partial charge in [-0.25, -0.2) is 0 Å². The highest BCUT2D eigenvalue weighted by atomic mass is 35.5. The Hall–Kier alpha value is -1.03. The van der Waals surface area contributed by atoms with Crippen molar-refractivity contribution in [1.29, 1.82) is 0 Å². The molecule has 1 atom stereocenters. The molecule has 0 spiro atoms. The van der Waals surface area contributed by atoms with Gasteiger partial charge in [0.25, 0.3) is 5.91 Å². The Morgan fingerprint density at radius 1 is 1.79 bits per heavy atom. The maximum absolute atomic E-state index is 11.4. The number of hydrogen-bond acceptors (Lipinski definition) is 2. The van der Waals surface area contributed by atoms with Crippen LogP contribution in [-0.2, 0) is 0 Å². The zero-order valence-electron chi connectivity index (χ0n) is 8.09. The number of H-pyrrole nitrogens is 1. The molecule has 0 aliphatic rings. The number of alkyl halides is 1. The van der Waals surface area contributed by atoms with E-state index in [2.05, 4.69) is 22.4 Å². The predicted octanol–water partition coefficient (Wildman–Crippen LogP) is 1.55. The molecule has 1 rings (SSSR count). The second-order valence-electron chi connectivity index (χ2n) is 3.08. The summed E-state index contributed by atoms with van der Waals surface area (Å²) >= 11 is 5.95. The van der Waals surface area contributed by atoms with E-state index in [0.29, 0.717) is 12.1 Å². The van der Waals surface area contributed by atoms with Crippen molar-refractivity contribution in [2.45, 2.75) is 25.1 Å². The summed E-state index contributed by atoms with van der Waals surface area (Å²) in [7, 11) is 0. The van der Waals surface area contributed by atoms with E-state index in [4.69, 9.17) is 11.6 Å². The van der Waals surface area contributed by atoms with E-state index in [-0.39, 0.29) is 11.3 Å². The summed E-state index contributed by atoms with van der Waals surface area (Å²) in [5.41, 5.74) is 0.533. The molecular weight excluding hydrogens is 202 g/mol. The maximum atomic E-state index is 11.4. The van der Waals surface area contributed by atoms with E-state index in [0.717, 1.165) is 12.8 Å². The van der Waals surface area contributed by atoms with E-state index in [1.807, 2.05) is 0 Å². The first-order valence-electron chi connectivity index (χ1n) is 4.65. The largest absolute Gasteiger partial charge is 0.350 e. The van der Waals surface area contributed by atoms with Crippen LogP contribution < -0.4 is 5.32 Å². The average Bonchev–Trinajstić information content (AvgIpc) is 2.67. The molecule has 78 valence electrons. The molecule has 0 fully saturated rings. The lowest BCUT2D eigenvalue weighted by atomic mass is 10.2. The summed E-state index contributed by atoms with van der Waals surface area (Å²) < 4.78 is 0. The highest BCUT2D eigenvalue weighted by Crippen LogP contribution is 2.03. The lowest BCUT2D eigenvalue weighted by Crippen LogP contribution is -2.29. The number of carbonyl (C=O) groups excluding carboxylic acids is 1. The summed E-state index contributed by atoms with van der Waals surface area (Å²) in [6.07, 6.45) is 4.97. The van der Waals surface area contributed by atoms with Crippen molar-refractivity contribution in [3.63, 3.8) is 0 Å². The van der Waals surface area contributed by atoms with Gasteiger partial charge in [0.1, 0.15) is 0 Å². The average molecular weight is 216 g/mol. The van der Waals surface area contributed by atoms with E-state index in [1.54, 1.807) is 6.20 Å². The van der Waals surface area contributed by atoms with Crippen LogP contribution in [0.5, 0.6) is 0 Å². The van der Waals surface area contributed by atoms with Crippen LogP contribution in [-0.4, -0.2) is 28.0 Å². The molecule has 0 aliphatic heterocycles. The SMILES string of the molecule is CCCC(Cl)CNC(=O)c1cn[nH]c1. The third kappa shape index (κ3) is 3.38. The number of aromatic nitrogens is 2. The molecule has 1 aromatic rings. The van der Waals surface area contributed by atoms with Gasteiger partial charge >= 0.3 is 0 Å². The molecule has 1 heterocycles. The smallest absolute Gasteiger partial charge is 0.254 e. The van der Waals surface area contributed by atoms with Crippen LogP contribution in [0.1, 0.15) is 30.1 Å². The molecule has 0 saturated heterocycles. The minimum Gasteiger partial charge on any atom is -0.350 e. The first kappa shape index (κ1) is 11.0. The summed E-state index contributed by atoms with van der Waals surface area (Å²) in [6, 6.07) is 0. The molecule has 0 aromatic carbocycles. The fraction of sp³-hybridized carbons (Fsp3) is 0.556. The van der Waals surface area contributed by atoms with Crippen molar-refractivity contribution in [3.8, 4) is 0 Å². The fourth-order valence-electron chi connectivity index (χ4n) is 1.10. The Labute approximate surface area is 88.0 Å². The first-order chi connectivity index (χ1) is 6.74. The molecule has 4 nitrogen and oxygen atoms in total. The van der Waals surface area contributed by atoms with Gasteiger partial charge in [-0.05, 0) is 6.42 Å². The van der Waals surface area contributed by atoms with Crippen LogP contribution >= 0.6 is 11.6 Å². The molecule has 0 bridgehead atoms. The first-order valence-corrected chi connectivity index (χ1v) is 5.08. The van der Waals surface area contributed by atoms with Gasteiger partial charge in [0.15, 0.2) is 0 Å². The molecule has 1 unspecified atom stereocenters. The third-order valence-corrected chi connectivity index (χ3v) is 2.22. The monoisotopic (exact) mass is 215 g/mol. The number of amides is 1. The summed E-state index contributed by atoms with van der Waals surface area (Å²) in [4.78, 5) is 11.4. The van der Waals surface area contributed by atoms with Crippen molar-refractivity contribution < 1.29 is 4.79 Å². The van der Waals surface area contributed by atoms with Crippen molar-refractivity contribution >= 4 is 17.5 Å². The zero-order valence-corrected chi connectivity index (χ0v) is 8.84. The van der Waals surface area contributed by atoms with Crippen LogP contribution in [0.4, 0.5) is 0 Å². The number of aromatic amines is 1. The molecule has 2 N–H and O–H groups in total. The lowest BCUT2D eigenvalue weighted by Gasteiger charge is -2.08. The third-order valence-electron chi connectivity index (χ3n) is 1.85. The second-order valence-corrected chi connectivity index (χ2v) is 3.70. The Bertz CT molecular complexity index is 274. The number of hydrogen-bond donors (Lipinski definition) is 2. The van der Waals surface area contributed by atoms with Gasteiger partial charge in [0.2, 0.25) is 0 Å². The van der Waals surface area contributed by atoms with Gasteiger partial charge < -0.3 is 5.32 Å². The van der Waals surface area contributed by atoms with Crippen LogP contribution in [0.3, 0.4) is 0 Å². The molecule has 1 aromatic heterocycles. The van der Waals surface area contributed by atoms with Crippen molar-refractivity contribution in [3.05, 3.63) is 18.0 Å². The van der Waals surface area contributed by atoms with Crippen LogP contribution in [0.25, 0.3) is 0 Å². The second kappa shape index (κ2) is 5.65. The standard InChI is InChI=1S/C9H14ClN3O/c1-2-3-8(10)6-11-9(14)7-4-12-13-5-7/h4-5,8H,2-3,6H2,1H3,(H,11,14)(H,12,13). The highest BCUT2D eigenvalue weighted by Gasteiger charge is 2.08. The van der Waals surface area contributed by atoms with Crippen LogP contribution in [0.2, 0.25) is 0 Å². The minimum atomic E-state index is -0.138. The van der Waals surface area contributed by atoms with Gasteiger partial charge in [0.05, 0.1) is 17.1 Å². The Kier molecular flexibility index (Phi) is 4.46. The zero-order chi connectivity index (χ0) is 10.4. The molecule has 5 heteroatoms. The van der Waals surface area contributed by atoms with Gasteiger partial charge in [0, 0.05) is 12.7 Å². The van der Waals surface area contributed by atoms with Crippen molar-refractivity contribution in [2.24, 2.45) is 0 Å². The molecule has 14 heavy (non-hydrogen) atoms. The van der Waals surface area contributed by atoms with Crippen molar-refractivity contribution in [1.82, 2.24) is 15.5 Å². The van der Waals surface area contributed by atoms with Gasteiger partial charge in [-0.3, -0.25) is 9.89 Å². The molecule has 1 amide bonds.